The summed E-state index contributed by atoms with van der Waals surface area (Å²) in [5.74, 6) is 0.912. The molecule has 36 heavy (non-hydrogen) atoms. The third-order valence-corrected chi connectivity index (χ3v) is 5.95. The Morgan fingerprint density at radius 1 is 1.00 bits per heavy atom. The van der Waals surface area contributed by atoms with Gasteiger partial charge in [0.15, 0.2) is 0 Å². The highest BCUT2D eigenvalue weighted by molar-refractivity contribution is 5.92. The molecule has 0 unspecified atom stereocenters. The van der Waals surface area contributed by atoms with Crippen LogP contribution in [0, 0.1) is 0 Å². The fourth-order valence-corrected chi connectivity index (χ4v) is 4.23. The zero-order valence-corrected chi connectivity index (χ0v) is 20.0. The van der Waals surface area contributed by atoms with Gasteiger partial charge in [0.25, 0.3) is 0 Å². The molecule has 190 valence electrons. The highest BCUT2D eigenvalue weighted by atomic mass is 19.4. The van der Waals surface area contributed by atoms with Crippen molar-refractivity contribution in [2.45, 2.75) is 44.1 Å². The van der Waals surface area contributed by atoms with Crippen LogP contribution in [-0.2, 0) is 4.79 Å². The normalized spacial score (nSPS) is 18.2. The van der Waals surface area contributed by atoms with Gasteiger partial charge in [-0.2, -0.15) is 4.98 Å². The maximum atomic E-state index is 12.3. The minimum absolute atomic E-state index is 0.0534. The number of aromatic nitrogens is 2. The molecule has 10 heteroatoms. The van der Waals surface area contributed by atoms with Gasteiger partial charge >= 0.3 is 6.36 Å². The number of para-hydroxylation sites is 1. The molecule has 1 heterocycles. The summed E-state index contributed by atoms with van der Waals surface area (Å²) in [6.07, 6.45) is 1.56. The van der Waals surface area contributed by atoms with E-state index in [1.54, 1.807) is 6.08 Å². The Labute approximate surface area is 207 Å². The SMILES string of the molecule is CN(C)c1nc(NC2CCC(NC(=O)C=Cc3ccc(OC(F)(F)F)cc3)CC2)nc2ccccc12. The highest BCUT2D eigenvalue weighted by Gasteiger charge is 2.31. The van der Waals surface area contributed by atoms with Gasteiger partial charge in [0.05, 0.1) is 5.52 Å². The quantitative estimate of drug-likeness (QED) is 0.438. The molecule has 0 spiro atoms. The third kappa shape index (κ3) is 6.87. The predicted octanol–water partition coefficient (Wildman–Crippen LogP) is 5.15. The number of rotatable bonds is 7. The Morgan fingerprint density at radius 2 is 1.67 bits per heavy atom. The third-order valence-electron chi connectivity index (χ3n) is 5.95. The summed E-state index contributed by atoms with van der Waals surface area (Å²) in [6, 6.07) is 13.5. The number of benzene rings is 2. The van der Waals surface area contributed by atoms with Gasteiger partial charge in [-0.3, -0.25) is 4.79 Å². The molecule has 1 saturated carbocycles. The molecule has 0 aliphatic heterocycles. The Bertz CT molecular complexity index is 1220. The van der Waals surface area contributed by atoms with Crippen molar-refractivity contribution in [2.24, 2.45) is 0 Å². The number of nitrogens with zero attached hydrogens (tertiary/aromatic N) is 3. The number of halogens is 3. The lowest BCUT2D eigenvalue weighted by Gasteiger charge is -2.29. The van der Waals surface area contributed by atoms with Gasteiger partial charge in [-0.1, -0.05) is 24.3 Å². The standard InChI is InChI=1S/C26H28F3N5O2/c1-34(2)24-21-5-3-4-6-22(21)32-25(33-24)31-19-12-10-18(11-13-19)30-23(35)16-9-17-7-14-20(15-8-17)36-26(27,28)29/h3-9,14-16,18-19H,10-13H2,1-2H3,(H,30,35)(H,31,32,33). The number of fused-ring (bicyclic) bond motifs is 1. The van der Waals surface area contributed by atoms with Crippen LogP contribution < -0.4 is 20.3 Å². The topological polar surface area (TPSA) is 79.4 Å². The van der Waals surface area contributed by atoms with Gasteiger partial charge in [-0.05, 0) is 61.6 Å². The average Bonchev–Trinajstić information content (AvgIpc) is 2.83. The van der Waals surface area contributed by atoms with E-state index in [-0.39, 0.29) is 23.7 Å². The lowest BCUT2D eigenvalue weighted by Crippen LogP contribution is -2.39. The minimum Gasteiger partial charge on any atom is -0.406 e. The second-order valence-corrected chi connectivity index (χ2v) is 8.93. The molecular formula is C26H28F3N5O2. The van der Waals surface area contributed by atoms with Crippen molar-refractivity contribution in [2.75, 3.05) is 24.3 Å². The summed E-state index contributed by atoms with van der Waals surface area (Å²) in [6.45, 7) is 0. The minimum atomic E-state index is -4.73. The number of alkyl halides is 3. The van der Waals surface area contributed by atoms with Crippen molar-refractivity contribution >= 4 is 34.7 Å². The van der Waals surface area contributed by atoms with E-state index < -0.39 is 6.36 Å². The van der Waals surface area contributed by atoms with Crippen molar-refractivity contribution in [3.8, 4) is 5.75 Å². The van der Waals surface area contributed by atoms with Gasteiger partial charge in [0.1, 0.15) is 11.6 Å². The van der Waals surface area contributed by atoms with E-state index >= 15 is 0 Å². The Kier molecular flexibility index (Phi) is 7.61. The zero-order valence-electron chi connectivity index (χ0n) is 20.0. The van der Waals surface area contributed by atoms with E-state index in [4.69, 9.17) is 4.98 Å². The molecule has 7 nitrogen and oxygen atoms in total. The van der Waals surface area contributed by atoms with E-state index in [0.717, 1.165) is 42.4 Å². The molecule has 4 rings (SSSR count). The number of hydrogen-bond donors (Lipinski definition) is 2. The van der Waals surface area contributed by atoms with Crippen LogP contribution in [0.15, 0.2) is 54.6 Å². The molecule has 2 aromatic carbocycles. The molecule has 3 aromatic rings. The fraction of sp³-hybridized carbons (Fsp3) is 0.346. The Balaban J connectivity index is 1.27. The first-order valence-corrected chi connectivity index (χ1v) is 11.7. The van der Waals surface area contributed by atoms with Gasteiger partial charge < -0.3 is 20.3 Å². The second-order valence-electron chi connectivity index (χ2n) is 8.93. The first kappa shape index (κ1) is 25.3. The first-order valence-electron chi connectivity index (χ1n) is 11.7. The van der Waals surface area contributed by atoms with Crippen LogP contribution >= 0.6 is 0 Å². The molecule has 0 bridgehead atoms. The molecule has 1 aliphatic rings. The zero-order chi connectivity index (χ0) is 25.7. The summed E-state index contributed by atoms with van der Waals surface area (Å²) < 4.78 is 40.6. The molecule has 0 atom stereocenters. The van der Waals surface area contributed by atoms with E-state index in [0.29, 0.717) is 11.5 Å². The second kappa shape index (κ2) is 10.8. The van der Waals surface area contributed by atoms with Gasteiger partial charge in [0, 0.05) is 37.6 Å². The number of ether oxygens (including phenoxy) is 1. The van der Waals surface area contributed by atoms with E-state index in [9.17, 15) is 18.0 Å². The fourth-order valence-electron chi connectivity index (χ4n) is 4.23. The van der Waals surface area contributed by atoms with E-state index in [1.807, 2.05) is 43.3 Å². The Morgan fingerprint density at radius 3 is 2.33 bits per heavy atom. The molecule has 1 aromatic heterocycles. The van der Waals surface area contributed by atoms with Crippen LogP contribution in [-0.4, -0.2) is 48.4 Å². The largest absolute Gasteiger partial charge is 0.573 e. The van der Waals surface area contributed by atoms with Crippen molar-refractivity contribution in [3.63, 3.8) is 0 Å². The summed E-state index contributed by atoms with van der Waals surface area (Å²) >= 11 is 0. The average molecular weight is 500 g/mol. The number of amides is 1. The molecule has 1 fully saturated rings. The molecule has 1 amide bonds. The van der Waals surface area contributed by atoms with Crippen LogP contribution in [0.2, 0.25) is 0 Å². The van der Waals surface area contributed by atoms with E-state index in [1.165, 1.54) is 30.3 Å². The molecule has 0 radical (unpaired) electrons. The number of carbonyl (C=O) groups is 1. The summed E-state index contributed by atoms with van der Waals surface area (Å²) in [4.78, 5) is 23.7. The van der Waals surface area contributed by atoms with Gasteiger partial charge in [-0.15, -0.1) is 13.2 Å². The van der Waals surface area contributed by atoms with Crippen LogP contribution in [0.3, 0.4) is 0 Å². The number of hydrogen-bond acceptors (Lipinski definition) is 6. The molecular weight excluding hydrogens is 471 g/mol. The number of nitrogens with one attached hydrogen (secondary N) is 2. The van der Waals surface area contributed by atoms with Crippen molar-refractivity contribution in [1.82, 2.24) is 15.3 Å². The summed E-state index contributed by atoms with van der Waals surface area (Å²) in [5.41, 5.74) is 1.48. The highest BCUT2D eigenvalue weighted by Crippen LogP contribution is 2.27. The molecule has 2 N–H and O–H groups in total. The van der Waals surface area contributed by atoms with Gasteiger partial charge in [0.2, 0.25) is 11.9 Å². The number of carbonyl (C=O) groups excluding carboxylic acids is 1. The maximum Gasteiger partial charge on any atom is 0.573 e. The monoisotopic (exact) mass is 499 g/mol. The van der Waals surface area contributed by atoms with Crippen LogP contribution in [0.25, 0.3) is 17.0 Å². The van der Waals surface area contributed by atoms with Crippen molar-refractivity contribution in [1.29, 1.82) is 0 Å². The van der Waals surface area contributed by atoms with Crippen LogP contribution in [0.1, 0.15) is 31.2 Å². The lowest BCUT2D eigenvalue weighted by molar-refractivity contribution is -0.274. The number of anilines is 2. The maximum absolute atomic E-state index is 12.3. The summed E-state index contributed by atoms with van der Waals surface area (Å²) in [5, 5.41) is 7.45. The lowest BCUT2D eigenvalue weighted by atomic mass is 9.91. The van der Waals surface area contributed by atoms with Gasteiger partial charge in [-0.25, -0.2) is 4.98 Å². The molecule has 0 saturated heterocycles. The van der Waals surface area contributed by atoms with E-state index in [2.05, 4.69) is 20.4 Å². The van der Waals surface area contributed by atoms with Crippen LogP contribution in [0.4, 0.5) is 24.9 Å². The first-order chi connectivity index (χ1) is 17.2. The smallest absolute Gasteiger partial charge is 0.406 e. The van der Waals surface area contributed by atoms with Crippen molar-refractivity contribution in [3.05, 3.63) is 60.2 Å². The molecule has 1 aliphatic carbocycles. The van der Waals surface area contributed by atoms with Crippen LogP contribution in [0.5, 0.6) is 5.75 Å². The summed E-state index contributed by atoms with van der Waals surface area (Å²) in [7, 11) is 3.91. The predicted molar refractivity (Wildman–Crippen MR) is 134 cm³/mol. The van der Waals surface area contributed by atoms with Crippen molar-refractivity contribution < 1.29 is 22.7 Å². The Hall–Kier alpha value is -3.82.